The summed E-state index contributed by atoms with van der Waals surface area (Å²) in [5.41, 5.74) is 1.08. The smallest absolute Gasteiger partial charge is 0.261 e. The Bertz CT molecular complexity index is 840. The Morgan fingerprint density at radius 2 is 1.64 bits per heavy atom. The molecule has 128 valence electrons. The first-order chi connectivity index (χ1) is 12.2. The Labute approximate surface area is 148 Å². The van der Waals surface area contributed by atoms with Crippen molar-refractivity contribution in [2.24, 2.45) is 0 Å². The molecule has 3 aromatic carbocycles. The lowest BCUT2D eigenvalue weighted by Crippen LogP contribution is -2.39. The lowest BCUT2D eigenvalue weighted by molar-refractivity contribution is -0.128. The van der Waals surface area contributed by atoms with Crippen LogP contribution >= 0.6 is 0 Å². The summed E-state index contributed by atoms with van der Waals surface area (Å²) in [6.45, 7) is 3.94. The van der Waals surface area contributed by atoms with Gasteiger partial charge in [0.1, 0.15) is 5.75 Å². The molecule has 0 aliphatic carbocycles. The molecule has 0 bridgehead atoms. The van der Waals surface area contributed by atoms with E-state index in [2.05, 4.69) is 5.32 Å². The van der Waals surface area contributed by atoms with Crippen molar-refractivity contribution in [3.8, 4) is 5.75 Å². The standard InChI is InChI=1S/C22H23NO2/c1-3-20(22(24)23-16(2)17-10-5-4-6-11-17)25-21-15-9-13-18-12-7-8-14-19(18)21/h4-16,20H,3H2,1-2H3,(H,23,24)/t16-,20-/m1/s1. The van der Waals surface area contributed by atoms with Crippen molar-refractivity contribution in [1.82, 2.24) is 5.32 Å². The van der Waals surface area contributed by atoms with Gasteiger partial charge in [0, 0.05) is 5.39 Å². The van der Waals surface area contributed by atoms with Crippen molar-refractivity contribution in [1.29, 1.82) is 0 Å². The molecule has 0 aromatic heterocycles. The Morgan fingerprint density at radius 1 is 0.960 bits per heavy atom. The number of amides is 1. The van der Waals surface area contributed by atoms with Gasteiger partial charge in [0.05, 0.1) is 6.04 Å². The predicted octanol–water partition coefficient (Wildman–Crippen LogP) is 4.87. The number of carbonyl (C=O) groups excluding carboxylic acids is 1. The van der Waals surface area contributed by atoms with E-state index in [9.17, 15) is 4.79 Å². The summed E-state index contributed by atoms with van der Waals surface area (Å²) in [6.07, 6.45) is 0.0910. The third-order valence-electron chi connectivity index (χ3n) is 4.34. The Balaban J connectivity index is 1.74. The molecule has 0 aliphatic rings. The normalized spacial score (nSPS) is 13.2. The van der Waals surface area contributed by atoms with Gasteiger partial charge in [-0.1, -0.05) is 73.7 Å². The van der Waals surface area contributed by atoms with Gasteiger partial charge in [-0.25, -0.2) is 0 Å². The maximum absolute atomic E-state index is 12.7. The van der Waals surface area contributed by atoms with Gasteiger partial charge in [0.25, 0.3) is 5.91 Å². The number of rotatable bonds is 6. The van der Waals surface area contributed by atoms with E-state index in [1.165, 1.54) is 0 Å². The minimum absolute atomic E-state index is 0.0566. The van der Waals surface area contributed by atoms with E-state index >= 15 is 0 Å². The third kappa shape index (κ3) is 4.00. The van der Waals surface area contributed by atoms with Gasteiger partial charge < -0.3 is 10.1 Å². The zero-order valence-electron chi connectivity index (χ0n) is 14.6. The Morgan fingerprint density at radius 3 is 2.40 bits per heavy atom. The van der Waals surface area contributed by atoms with Gasteiger partial charge in [-0.2, -0.15) is 0 Å². The number of benzene rings is 3. The molecular weight excluding hydrogens is 310 g/mol. The van der Waals surface area contributed by atoms with Gasteiger partial charge in [-0.05, 0) is 30.4 Å². The number of hydrogen-bond acceptors (Lipinski definition) is 2. The van der Waals surface area contributed by atoms with Crippen molar-refractivity contribution in [3.05, 3.63) is 78.4 Å². The molecule has 3 heteroatoms. The van der Waals surface area contributed by atoms with Gasteiger partial charge in [-0.15, -0.1) is 0 Å². The fraction of sp³-hybridized carbons (Fsp3) is 0.227. The lowest BCUT2D eigenvalue weighted by atomic mass is 10.1. The van der Waals surface area contributed by atoms with Crippen molar-refractivity contribution in [3.63, 3.8) is 0 Å². The minimum Gasteiger partial charge on any atom is -0.480 e. The second kappa shape index (κ2) is 7.84. The molecule has 0 aliphatic heterocycles. The van der Waals surface area contributed by atoms with Crippen molar-refractivity contribution < 1.29 is 9.53 Å². The number of fused-ring (bicyclic) bond motifs is 1. The van der Waals surface area contributed by atoms with Gasteiger partial charge in [0.15, 0.2) is 6.10 Å². The molecule has 0 unspecified atom stereocenters. The Kier molecular flexibility index (Phi) is 5.34. The molecule has 1 N–H and O–H groups in total. The summed E-state index contributed by atoms with van der Waals surface area (Å²) < 4.78 is 6.06. The summed E-state index contributed by atoms with van der Waals surface area (Å²) >= 11 is 0. The summed E-state index contributed by atoms with van der Waals surface area (Å²) in [4.78, 5) is 12.7. The highest BCUT2D eigenvalue weighted by atomic mass is 16.5. The highest BCUT2D eigenvalue weighted by Crippen LogP contribution is 2.26. The van der Waals surface area contributed by atoms with E-state index in [0.29, 0.717) is 6.42 Å². The SMILES string of the molecule is CC[C@@H](Oc1cccc2ccccc12)C(=O)N[C@H](C)c1ccccc1. The van der Waals surface area contributed by atoms with Gasteiger partial charge in [0.2, 0.25) is 0 Å². The molecule has 3 nitrogen and oxygen atoms in total. The highest BCUT2D eigenvalue weighted by Gasteiger charge is 2.21. The maximum atomic E-state index is 12.7. The van der Waals surface area contributed by atoms with Gasteiger partial charge in [-0.3, -0.25) is 4.79 Å². The summed E-state index contributed by atoms with van der Waals surface area (Å²) in [5, 5.41) is 5.18. The second-order valence-electron chi connectivity index (χ2n) is 6.13. The van der Waals surface area contributed by atoms with E-state index in [0.717, 1.165) is 22.1 Å². The molecule has 1 amide bonds. The molecule has 0 heterocycles. The summed E-state index contributed by atoms with van der Waals surface area (Å²) in [7, 11) is 0. The van der Waals surface area contributed by atoms with Crippen LogP contribution in [0.4, 0.5) is 0 Å². The van der Waals surface area contributed by atoms with Crippen LogP contribution in [0.3, 0.4) is 0 Å². The lowest BCUT2D eigenvalue weighted by Gasteiger charge is -2.21. The first kappa shape index (κ1) is 17.0. The quantitative estimate of drug-likeness (QED) is 0.698. The predicted molar refractivity (Wildman–Crippen MR) is 102 cm³/mol. The molecule has 0 radical (unpaired) electrons. The zero-order chi connectivity index (χ0) is 17.6. The first-order valence-corrected chi connectivity index (χ1v) is 8.68. The number of nitrogens with one attached hydrogen (secondary N) is 1. The van der Waals surface area contributed by atoms with Crippen LogP contribution in [0.15, 0.2) is 72.8 Å². The average molecular weight is 333 g/mol. The van der Waals surface area contributed by atoms with E-state index in [1.54, 1.807) is 0 Å². The fourth-order valence-corrected chi connectivity index (χ4v) is 2.91. The minimum atomic E-state index is -0.517. The second-order valence-corrected chi connectivity index (χ2v) is 6.13. The molecule has 0 saturated carbocycles. The van der Waals surface area contributed by atoms with Crippen LogP contribution in [-0.4, -0.2) is 12.0 Å². The average Bonchev–Trinajstić information content (AvgIpc) is 2.66. The van der Waals surface area contributed by atoms with Crippen LogP contribution in [0.1, 0.15) is 31.9 Å². The van der Waals surface area contributed by atoms with Crippen LogP contribution < -0.4 is 10.1 Å². The molecule has 2 atom stereocenters. The molecule has 0 saturated heterocycles. The largest absolute Gasteiger partial charge is 0.480 e. The van der Waals surface area contributed by atoms with E-state index < -0.39 is 6.10 Å². The molecule has 0 fully saturated rings. The highest BCUT2D eigenvalue weighted by molar-refractivity contribution is 5.89. The van der Waals surface area contributed by atoms with E-state index in [-0.39, 0.29) is 11.9 Å². The molecule has 3 rings (SSSR count). The summed E-state index contributed by atoms with van der Waals surface area (Å²) in [6, 6.07) is 23.8. The van der Waals surface area contributed by atoms with Crippen LogP contribution in [-0.2, 0) is 4.79 Å². The summed E-state index contributed by atoms with van der Waals surface area (Å²) in [5.74, 6) is 0.652. The van der Waals surface area contributed by atoms with E-state index in [1.807, 2.05) is 86.6 Å². The van der Waals surface area contributed by atoms with Gasteiger partial charge >= 0.3 is 0 Å². The van der Waals surface area contributed by atoms with Crippen LogP contribution in [0.25, 0.3) is 10.8 Å². The van der Waals surface area contributed by atoms with Crippen molar-refractivity contribution in [2.75, 3.05) is 0 Å². The van der Waals surface area contributed by atoms with Crippen LogP contribution in [0.5, 0.6) is 5.75 Å². The number of carbonyl (C=O) groups is 1. The van der Waals surface area contributed by atoms with Crippen LogP contribution in [0, 0.1) is 0 Å². The van der Waals surface area contributed by atoms with Crippen molar-refractivity contribution in [2.45, 2.75) is 32.4 Å². The monoisotopic (exact) mass is 333 g/mol. The van der Waals surface area contributed by atoms with Crippen LogP contribution in [0.2, 0.25) is 0 Å². The molecule has 25 heavy (non-hydrogen) atoms. The Hall–Kier alpha value is -2.81. The third-order valence-corrected chi connectivity index (χ3v) is 4.34. The zero-order valence-corrected chi connectivity index (χ0v) is 14.6. The number of ether oxygens (including phenoxy) is 1. The number of hydrogen-bond donors (Lipinski definition) is 1. The molecule has 0 spiro atoms. The molecule has 3 aromatic rings. The van der Waals surface area contributed by atoms with E-state index in [4.69, 9.17) is 4.74 Å². The van der Waals surface area contributed by atoms with Crippen molar-refractivity contribution >= 4 is 16.7 Å². The fourth-order valence-electron chi connectivity index (χ4n) is 2.91. The topological polar surface area (TPSA) is 38.3 Å². The maximum Gasteiger partial charge on any atom is 0.261 e. The molecular formula is C22H23NO2. The first-order valence-electron chi connectivity index (χ1n) is 8.68.